The molecule has 5 heteroatoms. The minimum Gasteiger partial charge on any atom is -0.276 e. The van der Waals surface area contributed by atoms with Crippen molar-refractivity contribution < 1.29 is 8.42 Å². The topological polar surface area (TPSA) is 46.2 Å². The molecule has 102 valence electrons. The maximum absolute atomic E-state index is 12.2. The van der Waals surface area contributed by atoms with Crippen LogP contribution in [0.15, 0.2) is 0 Å². The molecule has 0 aliphatic heterocycles. The van der Waals surface area contributed by atoms with Crippen LogP contribution in [0.3, 0.4) is 0 Å². The highest BCUT2D eigenvalue weighted by Crippen LogP contribution is 2.28. The Balaban J connectivity index is 5.06. The molecule has 0 aromatic heterocycles. The Morgan fingerprint density at radius 2 is 1.47 bits per heavy atom. The first kappa shape index (κ1) is 16.8. The third-order valence-electron chi connectivity index (χ3n) is 3.91. The van der Waals surface area contributed by atoms with Gasteiger partial charge in [-0.1, -0.05) is 39.9 Å². The Kier molecular flexibility index (Phi) is 5.60. The second-order valence-corrected chi connectivity index (χ2v) is 8.04. The first-order valence-electron chi connectivity index (χ1n) is 6.13. The molecular formula is C12H25NO2S2. The standard InChI is InChI=1S/C12H25NO2S2/c1-7-11(4,5)17(14,15)13-10(16)12(6,8-2)9-3/h7-9H2,1-6H3,(H,13,16). The number of thiocarbonyl (C=S) groups is 1. The van der Waals surface area contributed by atoms with Gasteiger partial charge in [0.05, 0.1) is 9.74 Å². The van der Waals surface area contributed by atoms with Gasteiger partial charge in [0, 0.05) is 5.41 Å². The van der Waals surface area contributed by atoms with E-state index in [2.05, 4.69) is 4.72 Å². The molecule has 0 rings (SSSR count). The summed E-state index contributed by atoms with van der Waals surface area (Å²) in [6.07, 6.45) is 2.22. The molecule has 0 atom stereocenters. The lowest BCUT2D eigenvalue weighted by atomic mass is 9.85. The van der Waals surface area contributed by atoms with Crippen LogP contribution in [0.25, 0.3) is 0 Å². The highest BCUT2D eigenvalue weighted by molar-refractivity contribution is 7.93. The zero-order valence-electron chi connectivity index (χ0n) is 11.8. The minimum atomic E-state index is -3.40. The lowest BCUT2D eigenvalue weighted by Crippen LogP contribution is -2.48. The molecule has 0 radical (unpaired) electrons. The quantitative estimate of drug-likeness (QED) is 0.759. The van der Waals surface area contributed by atoms with E-state index in [0.717, 1.165) is 12.8 Å². The van der Waals surface area contributed by atoms with Crippen LogP contribution in [0.4, 0.5) is 0 Å². The average Bonchev–Trinajstić information content (AvgIpc) is 2.26. The SMILES string of the molecule is CCC(C)(CC)C(=S)NS(=O)(=O)C(C)(C)CC. The van der Waals surface area contributed by atoms with Crippen LogP contribution in [0, 0.1) is 5.41 Å². The van der Waals surface area contributed by atoms with E-state index in [0.29, 0.717) is 11.4 Å². The average molecular weight is 279 g/mol. The molecule has 0 aliphatic rings. The highest BCUT2D eigenvalue weighted by Gasteiger charge is 2.36. The summed E-state index contributed by atoms with van der Waals surface area (Å²) >= 11 is 5.26. The predicted octanol–water partition coefficient (Wildman–Crippen LogP) is 3.25. The fraction of sp³-hybridized carbons (Fsp3) is 0.917. The summed E-state index contributed by atoms with van der Waals surface area (Å²) in [5.41, 5.74) is -0.244. The fourth-order valence-corrected chi connectivity index (χ4v) is 2.91. The van der Waals surface area contributed by atoms with Crippen molar-refractivity contribution in [2.24, 2.45) is 5.41 Å². The molecule has 0 aliphatic carbocycles. The first-order valence-corrected chi connectivity index (χ1v) is 8.02. The van der Waals surface area contributed by atoms with E-state index >= 15 is 0 Å². The Morgan fingerprint density at radius 1 is 1.06 bits per heavy atom. The second-order valence-electron chi connectivity index (χ2n) is 5.32. The predicted molar refractivity (Wildman–Crippen MR) is 77.7 cm³/mol. The van der Waals surface area contributed by atoms with Crippen LogP contribution in [0.1, 0.15) is 60.8 Å². The molecule has 0 fully saturated rings. The Morgan fingerprint density at radius 3 is 1.76 bits per heavy atom. The maximum Gasteiger partial charge on any atom is 0.238 e. The van der Waals surface area contributed by atoms with E-state index in [1.807, 2.05) is 27.7 Å². The molecule has 1 N–H and O–H groups in total. The monoisotopic (exact) mass is 279 g/mol. The zero-order chi connectivity index (χ0) is 13.9. The molecule has 0 unspecified atom stereocenters. The van der Waals surface area contributed by atoms with E-state index in [1.54, 1.807) is 13.8 Å². The van der Waals surface area contributed by atoms with Crippen LogP contribution in [0.5, 0.6) is 0 Å². The molecule has 0 saturated carbocycles. The van der Waals surface area contributed by atoms with Crippen molar-refractivity contribution in [1.82, 2.24) is 4.72 Å². The summed E-state index contributed by atoms with van der Waals surface area (Å²) in [7, 11) is -3.40. The van der Waals surface area contributed by atoms with E-state index in [9.17, 15) is 8.42 Å². The summed E-state index contributed by atoms with van der Waals surface area (Å²) < 4.78 is 26.1. The Bertz CT molecular complexity index is 368. The van der Waals surface area contributed by atoms with Crippen LogP contribution >= 0.6 is 12.2 Å². The summed E-state index contributed by atoms with van der Waals surface area (Å²) in [5, 5.41) is 0. The molecule has 0 spiro atoms. The molecule has 3 nitrogen and oxygen atoms in total. The molecule has 0 aromatic rings. The van der Waals surface area contributed by atoms with Gasteiger partial charge in [0.15, 0.2) is 0 Å². The van der Waals surface area contributed by atoms with Crippen molar-refractivity contribution in [2.45, 2.75) is 65.6 Å². The smallest absolute Gasteiger partial charge is 0.238 e. The van der Waals surface area contributed by atoms with E-state index < -0.39 is 14.8 Å². The third-order valence-corrected chi connectivity index (χ3v) is 6.86. The van der Waals surface area contributed by atoms with Crippen LogP contribution < -0.4 is 4.72 Å². The van der Waals surface area contributed by atoms with Crippen molar-refractivity contribution in [3.63, 3.8) is 0 Å². The van der Waals surface area contributed by atoms with Gasteiger partial charge in [-0.3, -0.25) is 4.72 Å². The molecule has 0 aromatic carbocycles. The van der Waals surface area contributed by atoms with Gasteiger partial charge in [-0.2, -0.15) is 0 Å². The van der Waals surface area contributed by atoms with Crippen LogP contribution in [0.2, 0.25) is 0 Å². The van der Waals surface area contributed by atoms with Crippen molar-refractivity contribution in [2.75, 3.05) is 0 Å². The van der Waals surface area contributed by atoms with Gasteiger partial charge in [0.2, 0.25) is 10.0 Å². The third kappa shape index (κ3) is 3.65. The van der Waals surface area contributed by atoms with Gasteiger partial charge >= 0.3 is 0 Å². The largest absolute Gasteiger partial charge is 0.276 e. The molecular weight excluding hydrogens is 254 g/mol. The maximum atomic E-state index is 12.2. The van der Waals surface area contributed by atoms with E-state index in [4.69, 9.17) is 12.2 Å². The van der Waals surface area contributed by atoms with E-state index in [-0.39, 0.29) is 5.41 Å². The number of sulfonamides is 1. The molecule has 0 amide bonds. The normalized spacial score (nSPS) is 13.5. The highest BCUT2D eigenvalue weighted by atomic mass is 32.2. The van der Waals surface area contributed by atoms with Crippen molar-refractivity contribution in [3.05, 3.63) is 0 Å². The number of hydrogen-bond donors (Lipinski definition) is 1. The second kappa shape index (κ2) is 5.65. The Hall–Kier alpha value is -0.160. The Labute approximate surface area is 111 Å². The van der Waals surface area contributed by atoms with E-state index in [1.165, 1.54) is 0 Å². The van der Waals surface area contributed by atoms with Crippen LogP contribution in [-0.4, -0.2) is 18.2 Å². The van der Waals surface area contributed by atoms with Crippen molar-refractivity contribution >= 4 is 27.2 Å². The van der Waals surface area contributed by atoms with Crippen molar-refractivity contribution in [1.29, 1.82) is 0 Å². The van der Waals surface area contributed by atoms with Gasteiger partial charge in [-0.25, -0.2) is 8.42 Å². The number of hydrogen-bond acceptors (Lipinski definition) is 3. The van der Waals surface area contributed by atoms with Gasteiger partial charge < -0.3 is 0 Å². The van der Waals surface area contributed by atoms with Gasteiger partial charge in [0.1, 0.15) is 0 Å². The summed E-state index contributed by atoms with van der Waals surface area (Å²) in [6, 6.07) is 0. The molecule has 0 heterocycles. The minimum absolute atomic E-state index is 0.244. The lowest BCUT2D eigenvalue weighted by molar-refractivity contribution is 0.430. The summed E-state index contributed by atoms with van der Waals surface area (Å²) in [5.74, 6) is 0. The number of nitrogens with one attached hydrogen (secondary N) is 1. The van der Waals surface area contributed by atoms with Gasteiger partial charge in [0.25, 0.3) is 0 Å². The van der Waals surface area contributed by atoms with Gasteiger partial charge in [-0.05, 0) is 33.1 Å². The fourth-order valence-electron chi connectivity index (χ4n) is 1.14. The molecule has 0 bridgehead atoms. The molecule has 17 heavy (non-hydrogen) atoms. The first-order chi connectivity index (χ1) is 7.56. The lowest BCUT2D eigenvalue weighted by Gasteiger charge is -2.31. The molecule has 0 saturated heterocycles. The summed E-state index contributed by atoms with van der Waals surface area (Å²) in [4.78, 5) is 0.434. The van der Waals surface area contributed by atoms with Crippen LogP contribution in [-0.2, 0) is 10.0 Å². The van der Waals surface area contributed by atoms with Gasteiger partial charge in [-0.15, -0.1) is 0 Å². The summed E-state index contributed by atoms with van der Waals surface area (Å²) in [6.45, 7) is 11.3. The van der Waals surface area contributed by atoms with Crippen molar-refractivity contribution in [3.8, 4) is 0 Å². The zero-order valence-corrected chi connectivity index (χ0v) is 13.4. The number of rotatable bonds is 6.